The van der Waals surface area contributed by atoms with Crippen LogP contribution in [-0.4, -0.2) is 55.4 Å². The molecule has 0 saturated carbocycles. The number of hydrogen-bond acceptors (Lipinski definition) is 6. The Balaban J connectivity index is 3.22. The Morgan fingerprint density at radius 3 is 2.45 bits per heavy atom. The molecule has 1 heterocycles. The van der Waals surface area contributed by atoms with Gasteiger partial charge in [-0.05, 0) is 0 Å². The van der Waals surface area contributed by atoms with Crippen LogP contribution in [0.5, 0.6) is 0 Å². The molecule has 0 aliphatic carbocycles. The number of carboxylic acid groups (broad SMARTS) is 2. The van der Waals surface area contributed by atoms with E-state index in [0.29, 0.717) is 0 Å². The van der Waals surface area contributed by atoms with E-state index >= 15 is 0 Å². The van der Waals surface area contributed by atoms with Gasteiger partial charge in [0, 0.05) is 19.5 Å². The van der Waals surface area contributed by atoms with Gasteiger partial charge in [0.2, 0.25) is 11.4 Å². The van der Waals surface area contributed by atoms with Crippen molar-refractivity contribution in [2.24, 2.45) is 5.73 Å². The van der Waals surface area contributed by atoms with E-state index in [2.05, 4.69) is 15.3 Å². The molecule has 2 unspecified atom stereocenters. The summed E-state index contributed by atoms with van der Waals surface area (Å²) in [4.78, 5) is 52.4. The summed E-state index contributed by atoms with van der Waals surface area (Å²) in [5.74, 6) is -4.88. The van der Waals surface area contributed by atoms with Crippen molar-refractivity contribution < 1.29 is 29.4 Å². The number of nitrogens with two attached hydrogens (primary N) is 1. The second-order valence-corrected chi connectivity index (χ2v) is 4.70. The smallest absolute Gasteiger partial charge is 0.337 e. The van der Waals surface area contributed by atoms with Gasteiger partial charge in [-0.25, -0.2) is 9.78 Å². The molecule has 10 heteroatoms. The zero-order valence-electron chi connectivity index (χ0n) is 11.7. The zero-order valence-corrected chi connectivity index (χ0v) is 11.7. The molecule has 0 aliphatic rings. The zero-order chi connectivity index (χ0) is 16.9. The molecule has 0 aliphatic heterocycles. The molecule has 1 aromatic rings. The van der Waals surface area contributed by atoms with Crippen LogP contribution in [0.25, 0.3) is 0 Å². The van der Waals surface area contributed by atoms with E-state index in [4.69, 9.17) is 10.8 Å². The lowest BCUT2D eigenvalue weighted by atomic mass is 9.84. The predicted octanol–water partition coefficient (Wildman–Crippen LogP) is -1.72. The van der Waals surface area contributed by atoms with Gasteiger partial charge in [0.1, 0.15) is 0 Å². The highest BCUT2D eigenvalue weighted by atomic mass is 16.4. The number of Topliss-reactive ketones (excluding diaryl/α,β-unsaturated/α-hetero) is 1. The summed E-state index contributed by atoms with van der Waals surface area (Å²) in [6.45, 7) is 1.04. The predicted molar refractivity (Wildman–Crippen MR) is 71.7 cm³/mol. The van der Waals surface area contributed by atoms with Gasteiger partial charge in [0.15, 0.2) is 5.78 Å². The molecule has 2 atom stereocenters. The number of aliphatic carboxylic acids is 2. The fourth-order valence-electron chi connectivity index (χ4n) is 1.98. The van der Waals surface area contributed by atoms with Crippen molar-refractivity contribution in [2.45, 2.75) is 31.3 Å². The molecule has 0 aromatic carbocycles. The first-order valence-corrected chi connectivity index (χ1v) is 6.20. The molecule has 6 N–H and O–H groups in total. The number of nitrogens with one attached hydrogen (secondary N) is 2. The van der Waals surface area contributed by atoms with Crippen molar-refractivity contribution in [1.29, 1.82) is 0 Å². The van der Waals surface area contributed by atoms with E-state index in [1.165, 1.54) is 12.5 Å². The lowest BCUT2D eigenvalue weighted by Crippen LogP contribution is -2.65. The van der Waals surface area contributed by atoms with E-state index in [1.54, 1.807) is 0 Å². The fraction of sp³-hybridized carbons (Fsp3) is 0.417. The molecule has 1 amide bonds. The highest BCUT2D eigenvalue weighted by Crippen LogP contribution is 2.17. The molecule has 1 rings (SSSR count). The third-order valence-corrected chi connectivity index (χ3v) is 2.91. The number of aromatic nitrogens is 2. The van der Waals surface area contributed by atoms with E-state index in [1.807, 2.05) is 0 Å². The minimum atomic E-state index is -2.38. The van der Waals surface area contributed by atoms with Crippen molar-refractivity contribution in [2.75, 3.05) is 0 Å². The number of ketones is 1. The molecule has 0 saturated heterocycles. The highest BCUT2D eigenvalue weighted by molar-refractivity contribution is 6.13. The van der Waals surface area contributed by atoms with Gasteiger partial charge in [0.05, 0.1) is 24.5 Å². The third-order valence-electron chi connectivity index (χ3n) is 2.91. The maximum Gasteiger partial charge on any atom is 0.337 e. The van der Waals surface area contributed by atoms with Crippen LogP contribution in [0, 0.1) is 0 Å². The van der Waals surface area contributed by atoms with Gasteiger partial charge < -0.3 is 26.2 Å². The summed E-state index contributed by atoms with van der Waals surface area (Å²) in [5.41, 5.74) is 3.30. The van der Waals surface area contributed by atoms with Gasteiger partial charge in [-0.1, -0.05) is 0 Å². The van der Waals surface area contributed by atoms with Crippen LogP contribution < -0.4 is 11.1 Å². The largest absolute Gasteiger partial charge is 0.481 e. The third kappa shape index (κ3) is 3.88. The average Bonchev–Trinajstić information content (AvgIpc) is 2.88. The van der Waals surface area contributed by atoms with Crippen LogP contribution in [-0.2, 0) is 25.6 Å². The summed E-state index contributed by atoms with van der Waals surface area (Å²) >= 11 is 0. The molecule has 120 valence electrons. The fourth-order valence-corrected chi connectivity index (χ4v) is 1.98. The molecule has 0 radical (unpaired) electrons. The van der Waals surface area contributed by atoms with Crippen LogP contribution in [0.15, 0.2) is 12.5 Å². The standard InChI is InChI=1S/C12H16N4O6/c1-6(17)16-12(11(21)22,3-7-4-14-5-15-7)10(20)8(13)2-9(18)19/h4-5,8H,2-3,13H2,1H3,(H,14,15)(H,16,17)(H,18,19)(H,21,22). The summed E-state index contributed by atoms with van der Waals surface area (Å²) in [7, 11) is 0. The van der Waals surface area contributed by atoms with Crippen LogP contribution in [0.2, 0.25) is 0 Å². The van der Waals surface area contributed by atoms with Gasteiger partial charge in [-0.3, -0.25) is 14.4 Å². The number of carbonyl (C=O) groups is 4. The molecule has 10 nitrogen and oxygen atoms in total. The van der Waals surface area contributed by atoms with Crippen LogP contribution in [0.1, 0.15) is 19.0 Å². The Hall–Kier alpha value is -2.75. The van der Waals surface area contributed by atoms with E-state index in [0.717, 1.165) is 6.92 Å². The Kier molecular flexibility index (Phi) is 5.35. The first-order valence-electron chi connectivity index (χ1n) is 6.20. The topological polar surface area (TPSA) is 175 Å². The number of carbonyl (C=O) groups excluding carboxylic acids is 2. The second-order valence-electron chi connectivity index (χ2n) is 4.70. The summed E-state index contributed by atoms with van der Waals surface area (Å²) in [5, 5.41) is 20.2. The molecular weight excluding hydrogens is 296 g/mol. The van der Waals surface area contributed by atoms with Gasteiger partial charge in [-0.2, -0.15) is 0 Å². The number of hydrogen-bond donors (Lipinski definition) is 5. The lowest BCUT2D eigenvalue weighted by molar-refractivity contribution is -0.154. The monoisotopic (exact) mass is 312 g/mol. The van der Waals surface area contributed by atoms with Crippen LogP contribution in [0.3, 0.4) is 0 Å². The number of imidazole rings is 1. The summed E-state index contributed by atoms with van der Waals surface area (Å²) in [6, 6.07) is -1.58. The quantitative estimate of drug-likeness (QED) is 0.352. The van der Waals surface area contributed by atoms with E-state index < -0.39 is 48.1 Å². The van der Waals surface area contributed by atoms with E-state index in [-0.39, 0.29) is 5.69 Å². The highest BCUT2D eigenvalue weighted by Gasteiger charge is 2.49. The maximum atomic E-state index is 12.4. The minimum Gasteiger partial charge on any atom is -0.481 e. The Morgan fingerprint density at radius 2 is 2.05 bits per heavy atom. The Labute approximate surface area is 124 Å². The summed E-state index contributed by atoms with van der Waals surface area (Å²) < 4.78 is 0. The molecular formula is C12H16N4O6. The first-order chi connectivity index (χ1) is 10.2. The van der Waals surface area contributed by atoms with Crippen molar-refractivity contribution in [3.8, 4) is 0 Å². The second kappa shape index (κ2) is 6.80. The number of aromatic amines is 1. The molecule has 0 bridgehead atoms. The van der Waals surface area contributed by atoms with Crippen LogP contribution >= 0.6 is 0 Å². The number of carboxylic acids is 2. The first kappa shape index (κ1) is 17.3. The number of amides is 1. The van der Waals surface area contributed by atoms with Gasteiger partial charge in [-0.15, -0.1) is 0 Å². The van der Waals surface area contributed by atoms with Gasteiger partial charge in [0.25, 0.3) is 0 Å². The SMILES string of the molecule is CC(=O)NC(Cc1c[nH]cn1)(C(=O)O)C(=O)C(N)CC(=O)O. The average molecular weight is 312 g/mol. The minimum absolute atomic E-state index is 0.201. The lowest BCUT2D eigenvalue weighted by Gasteiger charge is -2.30. The van der Waals surface area contributed by atoms with Gasteiger partial charge >= 0.3 is 11.9 Å². The maximum absolute atomic E-state index is 12.4. The Morgan fingerprint density at radius 1 is 1.41 bits per heavy atom. The molecule has 0 spiro atoms. The molecule has 0 fully saturated rings. The number of H-pyrrole nitrogens is 1. The number of nitrogens with zero attached hydrogens (tertiary/aromatic N) is 1. The van der Waals surface area contributed by atoms with Crippen molar-refractivity contribution in [3.63, 3.8) is 0 Å². The Bertz CT molecular complexity index is 584. The summed E-state index contributed by atoms with van der Waals surface area (Å²) in [6.07, 6.45) is 1.42. The van der Waals surface area contributed by atoms with Crippen molar-refractivity contribution in [3.05, 3.63) is 18.2 Å². The van der Waals surface area contributed by atoms with Crippen LogP contribution in [0.4, 0.5) is 0 Å². The van der Waals surface area contributed by atoms with Crippen molar-refractivity contribution in [1.82, 2.24) is 15.3 Å². The van der Waals surface area contributed by atoms with E-state index in [9.17, 15) is 24.3 Å². The number of rotatable bonds is 8. The normalized spacial score (nSPS) is 14.6. The molecule has 1 aromatic heterocycles. The molecule has 22 heavy (non-hydrogen) atoms. The van der Waals surface area contributed by atoms with Crippen molar-refractivity contribution >= 4 is 23.6 Å².